The number of hydrogen-bond acceptors (Lipinski definition) is 3. The summed E-state index contributed by atoms with van der Waals surface area (Å²) in [4.78, 5) is 9.32. The SMILES string of the molecule is CC(C)Cc1cc(-c2[c-]ccc(C3CCCCC3)c2)nc[c]1[Ge]([CH3])([CH3])[CH3].Cc1ccnc(-c2[c-]ccc3c2oc2ccccc23)c1.[Ir]. The number of furan rings is 1. The largest absolute Gasteiger partial charge is 0.501 e. The molecule has 3 aromatic heterocycles. The molecule has 0 spiro atoms. The van der Waals surface area contributed by atoms with Gasteiger partial charge in [0.05, 0.1) is 5.58 Å². The zero-order valence-corrected chi connectivity index (χ0v) is 33.1. The van der Waals surface area contributed by atoms with E-state index in [1.54, 1.807) is 4.40 Å². The molecule has 0 atom stereocenters. The summed E-state index contributed by atoms with van der Waals surface area (Å²) in [7, 11) is 0. The fourth-order valence-electron chi connectivity index (χ4n) is 6.80. The second kappa shape index (κ2) is 15.4. The second-order valence-corrected chi connectivity index (χ2v) is 24.9. The van der Waals surface area contributed by atoms with Crippen molar-refractivity contribution >= 4 is 39.6 Å². The van der Waals surface area contributed by atoms with Crippen LogP contribution in [0.25, 0.3) is 44.5 Å². The molecule has 0 bridgehead atoms. The van der Waals surface area contributed by atoms with Crippen molar-refractivity contribution in [3.63, 3.8) is 0 Å². The number of para-hydroxylation sites is 1. The van der Waals surface area contributed by atoms with Gasteiger partial charge in [-0.15, -0.1) is 18.2 Å². The van der Waals surface area contributed by atoms with E-state index in [2.05, 4.69) is 97.8 Å². The van der Waals surface area contributed by atoms with Gasteiger partial charge in [0, 0.05) is 31.7 Å². The van der Waals surface area contributed by atoms with Gasteiger partial charge in [0.15, 0.2) is 0 Å². The molecule has 1 aliphatic carbocycles. The van der Waals surface area contributed by atoms with Gasteiger partial charge in [0.2, 0.25) is 0 Å². The first kappa shape index (κ1) is 35.3. The smallest absolute Gasteiger partial charge is 0.120 e. The summed E-state index contributed by atoms with van der Waals surface area (Å²) >= 11 is -1.91. The number of hydrogen-bond donors (Lipinski definition) is 0. The molecule has 0 aliphatic heterocycles. The molecule has 7 rings (SSSR count). The van der Waals surface area contributed by atoms with E-state index in [0.717, 1.165) is 51.2 Å². The topological polar surface area (TPSA) is 38.9 Å². The van der Waals surface area contributed by atoms with Crippen molar-refractivity contribution in [3.05, 3.63) is 114 Å². The monoisotopic (exact) mass is 861 g/mol. The van der Waals surface area contributed by atoms with Crippen LogP contribution in [0, 0.1) is 25.0 Å². The molecule has 5 heteroatoms. The van der Waals surface area contributed by atoms with E-state index < -0.39 is 13.3 Å². The fraction of sp³-hybridized carbons (Fsp3) is 0.333. The third-order valence-corrected chi connectivity index (χ3v) is 13.4. The number of aromatic nitrogens is 2. The molecule has 3 aromatic carbocycles. The predicted molar refractivity (Wildman–Crippen MR) is 196 cm³/mol. The maximum Gasteiger partial charge on any atom is 0.120 e. The Kier molecular flexibility index (Phi) is 11.6. The van der Waals surface area contributed by atoms with Crippen molar-refractivity contribution in [2.75, 3.05) is 0 Å². The third kappa shape index (κ3) is 8.34. The van der Waals surface area contributed by atoms with Gasteiger partial charge in [-0.05, 0) is 24.8 Å². The summed E-state index contributed by atoms with van der Waals surface area (Å²) in [6.07, 6.45) is 12.0. The summed E-state index contributed by atoms with van der Waals surface area (Å²) in [5.41, 5.74) is 10.0. The van der Waals surface area contributed by atoms with Gasteiger partial charge in [0.1, 0.15) is 5.58 Å². The Balaban J connectivity index is 0.000000186. The van der Waals surface area contributed by atoms with Crippen molar-refractivity contribution in [3.8, 4) is 22.5 Å². The number of benzene rings is 3. The van der Waals surface area contributed by atoms with E-state index in [1.807, 2.05) is 42.6 Å². The maximum atomic E-state index is 6.01. The molecular weight excluding hydrogens is 813 g/mol. The normalized spacial score (nSPS) is 13.8. The number of pyridine rings is 2. The third-order valence-electron chi connectivity index (χ3n) is 9.11. The summed E-state index contributed by atoms with van der Waals surface area (Å²) in [5, 5.41) is 2.24. The van der Waals surface area contributed by atoms with Crippen LogP contribution in [0.3, 0.4) is 0 Å². The zero-order chi connectivity index (χ0) is 32.3. The van der Waals surface area contributed by atoms with Crippen molar-refractivity contribution in [2.24, 2.45) is 5.92 Å². The number of aryl methyl sites for hydroxylation is 1. The molecule has 0 amide bonds. The van der Waals surface area contributed by atoms with E-state index in [-0.39, 0.29) is 20.1 Å². The van der Waals surface area contributed by atoms with Gasteiger partial charge in [-0.1, -0.05) is 40.8 Å². The summed E-state index contributed by atoms with van der Waals surface area (Å²) in [5.74, 6) is 8.81. The van der Waals surface area contributed by atoms with Gasteiger partial charge in [-0.2, -0.15) is 0 Å². The molecule has 3 heterocycles. The van der Waals surface area contributed by atoms with Crippen molar-refractivity contribution in [1.82, 2.24) is 9.97 Å². The minimum atomic E-state index is -1.91. The van der Waals surface area contributed by atoms with Crippen molar-refractivity contribution in [2.45, 2.75) is 82.5 Å². The molecule has 1 aliphatic rings. The molecule has 1 saturated carbocycles. The molecular formula is C42H46GeIrN2O-2. The first-order valence-electron chi connectivity index (χ1n) is 16.9. The van der Waals surface area contributed by atoms with Crippen LogP contribution in [-0.4, -0.2) is 23.2 Å². The molecule has 245 valence electrons. The molecule has 47 heavy (non-hydrogen) atoms. The van der Waals surface area contributed by atoms with Crippen LogP contribution in [0.4, 0.5) is 0 Å². The molecule has 1 fully saturated rings. The predicted octanol–water partition coefficient (Wildman–Crippen LogP) is 11.1. The van der Waals surface area contributed by atoms with Crippen LogP contribution in [0.2, 0.25) is 17.3 Å². The first-order chi connectivity index (χ1) is 22.2. The van der Waals surface area contributed by atoms with E-state index in [4.69, 9.17) is 9.40 Å². The molecule has 1 radical (unpaired) electrons. The van der Waals surface area contributed by atoms with Gasteiger partial charge in [-0.3, -0.25) is 0 Å². The van der Waals surface area contributed by atoms with E-state index in [1.165, 1.54) is 54.4 Å². The van der Waals surface area contributed by atoms with Gasteiger partial charge >= 0.3 is 163 Å². The minimum Gasteiger partial charge on any atom is -0.501 e. The van der Waals surface area contributed by atoms with Crippen molar-refractivity contribution < 1.29 is 24.5 Å². The molecule has 3 nitrogen and oxygen atoms in total. The van der Waals surface area contributed by atoms with Crippen LogP contribution in [0.15, 0.2) is 89.6 Å². The summed E-state index contributed by atoms with van der Waals surface area (Å²) < 4.78 is 7.57. The Hall–Kier alpha value is -3.05. The number of rotatable bonds is 6. The average molecular weight is 860 g/mol. The average Bonchev–Trinajstić information content (AvgIpc) is 3.44. The number of nitrogens with zero attached hydrogens (tertiary/aromatic N) is 2. The molecule has 6 aromatic rings. The Morgan fingerprint density at radius 1 is 0.851 bits per heavy atom. The van der Waals surface area contributed by atoms with E-state index in [9.17, 15) is 0 Å². The van der Waals surface area contributed by atoms with Crippen molar-refractivity contribution in [1.29, 1.82) is 0 Å². The quantitative estimate of drug-likeness (QED) is 0.124. The Morgan fingerprint density at radius 2 is 1.62 bits per heavy atom. The second-order valence-electron chi connectivity index (χ2n) is 14.4. The van der Waals surface area contributed by atoms with Crippen LogP contribution in [-0.2, 0) is 26.5 Å². The fourth-order valence-corrected chi connectivity index (χ4v) is 10.1. The van der Waals surface area contributed by atoms with Crippen LogP contribution in [0.5, 0.6) is 0 Å². The molecule has 0 N–H and O–H groups in total. The Labute approximate surface area is 297 Å². The zero-order valence-electron chi connectivity index (χ0n) is 28.6. The number of fused-ring (bicyclic) bond motifs is 3. The van der Waals surface area contributed by atoms with Crippen LogP contribution >= 0.6 is 0 Å². The standard InChI is InChI=1S/C24H34GeN.C18H12NO.Ir/c1-18(2)14-22-16-24(26-17-23(22)25(3,4)5)21-13-9-12-20(15-21)19-10-7-6-8-11-19;1-12-9-10-19-16(11-12)15-7-4-6-14-13-5-2-3-8-17(13)20-18(14)15;/h9,12,15-19H,6-8,10-11,14H2,1-5H3;2-6,8-11H,1H3;/q2*-1;. The minimum absolute atomic E-state index is 0. The maximum absolute atomic E-state index is 6.01. The first-order valence-corrected chi connectivity index (χ1v) is 24.3. The summed E-state index contributed by atoms with van der Waals surface area (Å²) in [6, 6.07) is 31.9. The van der Waals surface area contributed by atoms with E-state index >= 15 is 0 Å². The molecule has 0 unspecified atom stereocenters. The van der Waals surface area contributed by atoms with Gasteiger partial charge < -0.3 is 9.40 Å². The Bertz CT molecular complexity index is 1950. The molecule has 0 saturated heterocycles. The van der Waals surface area contributed by atoms with Crippen LogP contribution < -0.4 is 4.40 Å². The van der Waals surface area contributed by atoms with E-state index in [0.29, 0.717) is 5.92 Å². The Morgan fingerprint density at radius 3 is 2.36 bits per heavy atom. The van der Waals surface area contributed by atoms with Gasteiger partial charge in [-0.25, -0.2) is 0 Å². The summed E-state index contributed by atoms with van der Waals surface area (Å²) in [6.45, 7) is 6.69. The van der Waals surface area contributed by atoms with Crippen LogP contribution in [0.1, 0.15) is 68.6 Å². The van der Waals surface area contributed by atoms with Gasteiger partial charge in [0.25, 0.3) is 0 Å².